The molecule has 1 atom stereocenters. The summed E-state index contributed by atoms with van der Waals surface area (Å²) in [5.74, 6) is 0.116. The van der Waals surface area contributed by atoms with E-state index in [9.17, 15) is 4.79 Å². The van der Waals surface area contributed by atoms with Crippen LogP contribution < -0.4 is 5.32 Å². The molecule has 1 saturated heterocycles. The van der Waals surface area contributed by atoms with Crippen LogP contribution in [0.25, 0.3) is 0 Å². The molecule has 1 fully saturated rings. The molecule has 0 spiro atoms. The summed E-state index contributed by atoms with van der Waals surface area (Å²) in [6.45, 7) is 1.87. The molecule has 134 valence electrons. The van der Waals surface area contributed by atoms with E-state index in [1.165, 1.54) is 4.88 Å². The lowest BCUT2D eigenvalue weighted by Gasteiger charge is -2.37. The summed E-state index contributed by atoms with van der Waals surface area (Å²) in [7, 11) is 4.11. The molecule has 1 aromatic heterocycles. The third-order valence-electron chi connectivity index (χ3n) is 5.06. The van der Waals surface area contributed by atoms with Gasteiger partial charge < -0.3 is 15.0 Å². The van der Waals surface area contributed by atoms with Crippen LogP contribution in [0.4, 0.5) is 0 Å². The number of carbonyl (C=O) groups excluding carboxylic acids is 1. The smallest absolute Gasteiger partial charge is 0.230 e. The molecule has 1 aliphatic rings. The lowest BCUT2D eigenvalue weighted by atomic mass is 9.73. The number of ether oxygens (including phenoxy) is 1. The zero-order valence-electron chi connectivity index (χ0n) is 14.9. The Morgan fingerprint density at radius 2 is 1.92 bits per heavy atom. The second-order valence-electron chi connectivity index (χ2n) is 6.77. The molecule has 5 heteroatoms. The molecule has 0 unspecified atom stereocenters. The van der Waals surface area contributed by atoms with Crippen LogP contribution in [0.3, 0.4) is 0 Å². The van der Waals surface area contributed by atoms with Crippen LogP contribution in [0, 0.1) is 0 Å². The van der Waals surface area contributed by atoms with Crippen molar-refractivity contribution in [1.82, 2.24) is 10.2 Å². The Balaban J connectivity index is 1.77. The van der Waals surface area contributed by atoms with Gasteiger partial charge in [-0.2, -0.15) is 0 Å². The van der Waals surface area contributed by atoms with E-state index in [4.69, 9.17) is 4.74 Å². The van der Waals surface area contributed by atoms with Crippen molar-refractivity contribution < 1.29 is 9.53 Å². The van der Waals surface area contributed by atoms with Gasteiger partial charge >= 0.3 is 0 Å². The Bertz CT molecular complexity index is 664. The number of carbonyl (C=O) groups is 1. The van der Waals surface area contributed by atoms with Crippen LogP contribution in [0.15, 0.2) is 47.8 Å². The molecule has 2 aromatic rings. The first-order valence-electron chi connectivity index (χ1n) is 8.75. The lowest BCUT2D eigenvalue weighted by Crippen LogP contribution is -2.49. The highest BCUT2D eigenvalue weighted by Crippen LogP contribution is 2.35. The zero-order chi connectivity index (χ0) is 17.7. The van der Waals surface area contributed by atoms with Gasteiger partial charge in [0.25, 0.3) is 0 Å². The molecule has 1 aliphatic heterocycles. The van der Waals surface area contributed by atoms with E-state index in [1.807, 2.05) is 18.2 Å². The SMILES string of the molecule is CN(C)[C@@H](CNC(=O)C1(c2ccccc2)CCOCC1)c1cccs1. The van der Waals surface area contributed by atoms with Crippen LogP contribution in [-0.2, 0) is 14.9 Å². The standard InChI is InChI=1S/C20H26N2O2S/c1-22(2)17(18-9-6-14-25-18)15-21-19(23)20(10-12-24-13-11-20)16-7-4-3-5-8-16/h3-9,14,17H,10-13,15H2,1-2H3,(H,21,23)/t17-/m0/s1. The van der Waals surface area contributed by atoms with Gasteiger partial charge in [0, 0.05) is 24.6 Å². The third kappa shape index (κ3) is 3.94. The van der Waals surface area contributed by atoms with E-state index in [-0.39, 0.29) is 11.9 Å². The van der Waals surface area contributed by atoms with Crippen LogP contribution in [0.1, 0.15) is 29.3 Å². The first-order chi connectivity index (χ1) is 12.1. The summed E-state index contributed by atoms with van der Waals surface area (Å²) in [4.78, 5) is 16.7. The highest BCUT2D eigenvalue weighted by Gasteiger charge is 2.41. The van der Waals surface area contributed by atoms with Crippen molar-refractivity contribution in [1.29, 1.82) is 0 Å². The topological polar surface area (TPSA) is 41.6 Å². The molecule has 3 rings (SSSR count). The summed E-state index contributed by atoms with van der Waals surface area (Å²) < 4.78 is 5.53. The molecular formula is C20H26N2O2S. The number of thiophene rings is 1. The summed E-state index contributed by atoms with van der Waals surface area (Å²) in [5, 5.41) is 5.31. The minimum absolute atomic E-state index is 0.116. The van der Waals surface area contributed by atoms with Gasteiger partial charge in [-0.3, -0.25) is 4.79 Å². The number of rotatable bonds is 6. The normalized spacial score (nSPS) is 18.0. The summed E-state index contributed by atoms with van der Waals surface area (Å²) >= 11 is 1.73. The van der Waals surface area contributed by atoms with Gasteiger partial charge in [-0.15, -0.1) is 11.3 Å². The van der Waals surface area contributed by atoms with E-state index < -0.39 is 5.41 Å². The van der Waals surface area contributed by atoms with Crippen molar-refractivity contribution in [2.75, 3.05) is 33.9 Å². The molecule has 2 heterocycles. The fraction of sp³-hybridized carbons (Fsp3) is 0.450. The van der Waals surface area contributed by atoms with Gasteiger partial charge in [-0.25, -0.2) is 0 Å². The molecule has 1 aromatic carbocycles. The van der Waals surface area contributed by atoms with E-state index in [0.717, 1.165) is 18.4 Å². The Labute approximate surface area is 153 Å². The fourth-order valence-corrected chi connectivity index (χ4v) is 4.42. The number of hydrogen-bond acceptors (Lipinski definition) is 4. The van der Waals surface area contributed by atoms with Crippen LogP contribution in [0.5, 0.6) is 0 Å². The Hall–Kier alpha value is -1.69. The second kappa shape index (κ2) is 8.13. The number of nitrogens with zero attached hydrogens (tertiary/aromatic N) is 1. The first kappa shape index (κ1) is 18.1. The summed E-state index contributed by atoms with van der Waals surface area (Å²) in [6.07, 6.45) is 1.46. The monoisotopic (exact) mass is 358 g/mol. The van der Waals surface area contributed by atoms with Crippen LogP contribution >= 0.6 is 11.3 Å². The Kier molecular flexibility index (Phi) is 5.89. The first-order valence-corrected chi connectivity index (χ1v) is 9.63. The average molecular weight is 359 g/mol. The largest absolute Gasteiger partial charge is 0.381 e. The van der Waals surface area contributed by atoms with Gasteiger partial charge in [0.2, 0.25) is 5.91 Å². The molecule has 0 aliphatic carbocycles. The fourth-order valence-electron chi connectivity index (χ4n) is 3.50. The van der Waals surface area contributed by atoms with Gasteiger partial charge in [0.05, 0.1) is 11.5 Å². The van der Waals surface area contributed by atoms with Crippen molar-refractivity contribution in [3.63, 3.8) is 0 Å². The Morgan fingerprint density at radius 1 is 1.20 bits per heavy atom. The average Bonchev–Trinajstić information content (AvgIpc) is 3.17. The van der Waals surface area contributed by atoms with Crippen molar-refractivity contribution in [2.45, 2.75) is 24.3 Å². The molecule has 0 radical (unpaired) electrons. The van der Waals surface area contributed by atoms with Gasteiger partial charge in [-0.1, -0.05) is 36.4 Å². The molecule has 0 bridgehead atoms. The molecular weight excluding hydrogens is 332 g/mol. The molecule has 4 nitrogen and oxygen atoms in total. The Morgan fingerprint density at radius 3 is 2.52 bits per heavy atom. The van der Waals surface area contributed by atoms with E-state index in [2.05, 4.69) is 54.0 Å². The van der Waals surface area contributed by atoms with Crippen molar-refractivity contribution in [2.24, 2.45) is 0 Å². The number of hydrogen-bond donors (Lipinski definition) is 1. The quantitative estimate of drug-likeness (QED) is 0.862. The number of amides is 1. The summed E-state index contributed by atoms with van der Waals surface area (Å²) in [5.41, 5.74) is 0.611. The maximum Gasteiger partial charge on any atom is 0.230 e. The highest BCUT2D eigenvalue weighted by atomic mass is 32.1. The lowest BCUT2D eigenvalue weighted by molar-refractivity contribution is -0.130. The van der Waals surface area contributed by atoms with Crippen molar-refractivity contribution in [3.05, 3.63) is 58.3 Å². The minimum atomic E-state index is -0.480. The number of benzene rings is 1. The molecule has 25 heavy (non-hydrogen) atoms. The second-order valence-corrected chi connectivity index (χ2v) is 7.74. The van der Waals surface area contributed by atoms with Crippen LogP contribution in [0.2, 0.25) is 0 Å². The van der Waals surface area contributed by atoms with Crippen LogP contribution in [-0.4, -0.2) is 44.7 Å². The minimum Gasteiger partial charge on any atom is -0.381 e. The van der Waals surface area contributed by atoms with E-state index in [1.54, 1.807) is 11.3 Å². The third-order valence-corrected chi connectivity index (χ3v) is 6.03. The number of likely N-dealkylation sites (N-methyl/N-ethyl adjacent to an activating group) is 1. The van der Waals surface area contributed by atoms with Crippen molar-refractivity contribution in [3.8, 4) is 0 Å². The molecule has 1 N–H and O–H groups in total. The maximum atomic E-state index is 13.2. The maximum absolute atomic E-state index is 13.2. The summed E-state index contributed by atoms with van der Waals surface area (Å²) in [6, 6.07) is 14.5. The predicted molar refractivity (Wildman–Crippen MR) is 102 cm³/mol. The van der Waals surface area contributed by atoms with Gasteiger partial charge in [0.15, 0.2) is 0 Å². The molecule has 0 saturated carbocycles. The van der Waals surface area contributed by atoms with Gasteiger partial charge in [-0.05, 0) is 43.9 Å². The van der Waals surface area contributed by atoms with Gasteiger partial charge in [0.1, 0.15) is 0 Å². The zero-order valence-corrected chi connectivity index (χ0v) is 15.7. The van der Waals surface area contributed by atoms with E-state index >= 15 is 0 Å². The van der Waals surface area contributed by atoms with E-state index in [0.29, 0.717) is 19.8 Å². The highest BCUT2D eigenvalue weighted by molar-refractivity contribution is 7.10. The number of nitrogens with one attached hydrogen (secondary N) is 1. The predicted octanol–water partition coefficient (Wildman–Crippen LogP) is 3.22. The van der Waals surface area contributed by atoms with Crippen molar-refractivity contribution >= 4 is 17.2 Å². The molecule has 1 amide bonds.